The van der Waals surface area contributed by atoms with Gasteiger partial charge < -0.3 is 10.5 Å². The van der Waals surface area contributed by atoms with Crippen molar-refractivity contribution in [2.75, 3.05) is 13.2 Å². The van der Waals surface area contributed by atoms with Crippen molar-refractivity contribution in [1.29, 1.82) is 0 Å². The van der Waals surface area contributed by atoms with Gasteiger partial charge in [-0.1, -0.05) is 106 Å². The van der Waals surface area contributed by atoms with E-state index >= 15 is 0 Å². The van der Waals surface area contributed by atoms with Gasteiger partial charge in [0.1, 0.15) is 12.4 Å². The third kappa shape index (κ3) is 10.2. The van der Waals surface area contributed by atoms with Crippen molar-refractivity contribution in [3.05, 3.63) is 72.1 Å². The first-order valence-corrected chi connectivity index (χ1v) is 14.6. The van der Waals surface area contributed by atoms with Crippen LogP contribution in [0.2, 0.25) is 0 Å². The lowest BCUT2D eigenvalue weighted by Gasteiger charge is -2.35. The van der Waals surface area contributed by atoms with Gasteiger partial charge in [0.25, 0.3) is 0 Å². The zero-order valence-electron chi connectivity index (χ0n) is 20.9. The number of hydrogen-bond donors (Lipinski definition) is 1. The van der Waals surface area contributed by atoms with Crippen LogP contribution in [0.3, 0.4) is 0 Å². The summed E-state index contributed by atoms with van der Waals surface area (Å²) in [6, 6.07) is 0.445. The maximum atomic E-state index is 6.34. The summed E-state index contributed by atoms with van der Waals surface area (Å²) >= 11 is 2.39. The van der Waals surface area contributed by atoms with E-state index in [0.29, 0.717) is 12.5 Å². The molecule has 2 unspecified atom stereocenters. The van der Waals surface area contributed by atoms with Crippen molar-refractivity contribution in [1.82, 2.24) is 3.11 Å². The number of nitrogens with zero attached hydrogens (tertiary/aromatic N) is 1. The highest BCUT2D eigenvalue weighted by molar-refractivity contribution is 14.1. The Kier molecular flexibility index (Phi) is 13.4. The fraction of sp³-hybridized carbons (Fsp3) is 0.600. The van der Waals surface area contributed by atoms with E-state index in [0.717, 1.165) is 18.7 Å². The Bertz CT molecular complexity index is 742. The number of hydrogen-bond acceptors (Lipinski definition) is 3. The van der Waals surface area contributed by atoms with Gasteiger partial charge in [-0.05, 0) is 49.3 Å². The fourth-order valence-electron chi connectivity index (χ4n) is 5.17. The molecule has 2 atom stereocenters. The topological polar surface area (TPSA) is 38.5 Å². The van der Waals surface area contributed by atoms with Crippen LogP contribution in [-0.2, 0) is 4.74 Å². The van der Waals surface area contributed by atoms with Crippen molar-refractivity contribution < 1.29 is 4.74 Å². The zero-order valence-corrected chi connectivity index (χ0v) is 23.1. The van der Waals surface area contributed by atoms with Crippen LogP contribution in [0.1, 0.15) is 83.5 Å². The Labute approximate surface area is 222 Å². The Morgan fingerprint density at radius 3 is 2.03 bits per heavy atom. The van der Waals surface area contributed by atoms with Gasteiger partial charge in [-0.2, -0.15) is 0 Å². The summed E-state index contributed by atoms with van der Waals surface area (Å²) in [5.74, 6) is 1.55. The minimum atomic E-state index is 0.180. The summed E-state index contributed by atoms with van der Waals surface area (Å²) in [5, 5.41) is 0. The van der Waals surface area contributed by atoms with Gasteiger partial charge in [0.15, 0.2) is 0 Å². The van der Waals surface area contributed by atoms with Crippen LogP contribution in [0, 0.1) is 5.92 Å². The third-order valence-electron chi connectivity index (χ3n) is 7.30. The van der Waals surface area contributed by atoms with E-state index in [1.807, 2.05) is 0 Å². The number of nitrogens with two attached hydrogens (primary N) is 1. The van der Waals surface area contributed by atoms with Gasteiger partial charge >= 0.3 is 0 Å². The van der Waals surface area contributed by atoms with Gasteiger partial charge in [-0.25, -0.2) is 3.11 Å². The standard InChI is InChI=1S/C30H45IN2O/c31-33-24-16-23-29(32)30(33)25-34-28-21-14-8-12-19-27(20-13-9-15-22-28)26-17-10-6-4-2-1-3-5-7-11-18-26/h8-9,12-15,19-22,26,29-30H,1-7,10-11,16-18,23-25,32H2/b12-8-,13-9?,14-8?,15-9-,19-12?,20-13-,21-14-,22-15?,27-19+,27-20?,28-21?,28-22+. The molecule has 1 saturated heterocycles. The summed E-state index contributed by atoms with van der Waals surface area (Å²) in [6.45, 7) is 1.71. The van der Waals surface area contributed by atoms with Crippen LogP contribution >= 0.6 is 22.9 Å². The Morgan fingerprint density at radius 1 is 0.735 bits per heavy atom. The molecule has 1 heterocycles. The quantitative estimate of drug-likeness (QED) is 0.271. The molecule has 0 spiro atoms. The van der Waals surface area contributed by atoms with Crippen molar-refractivity contribution in [3.8, 4) is 0 Å². The number of allylic oxidation sites excluding steroid dienone is 11. The van der Waals surface area contributed by atoms with Crippen molar-refractivity contribution >= 4 is 22.9 Å². The molecule has 0 aromatic carbocycles. The van der Waals surface area contributed by atoms with Crippen molar-refractivity contribution in [2.45, 2.75) is 95.6 Å². The molecule has 0 radical (unpaired) electrons. The molecule has 0 aromatic rings. The van der Waals surface area contributed by atoms with E-state index in [1.54, 1.807) is 0 Å². The van der Waals surface area contributed by atoms with E-state index in [4.69, 9.17) is 10.5 Å². The first-order valence-electron chi connectivity index (χ1n) is 13.6. The van der Waals surface area contributed by atoms with E-state index in [1.165, 1.54) is 82.6 Å². The molecule has 1 aliphatic heterocycles. The average Bonchev–Trinajstić information content (AvgIpc) is 2.81. The van der Waals surface area contributed by atoms with Crippen LogP contribution in [0.5, 0.6) is 0 Å². The minimum absolute atomic E-state index is 0.180. The Hall–Kier alpha value is -1.11. The largest absolute Gasteiger partial charge is 0.492 e. The first-order chi connectivity index (χ1) is 16.7. The predicted molar refractivity (Wildman–Crippen MR) is 155 cm³/mol. The molecule has 0 amide bonds. The highest BCUT2D eigenvalue weighted by atomic mass is 127. The summed E-state index contributed by atoms with van der Waals surface area (Å²) in [7, 11) is 0. The van der Waals surface area contributed by atoms with Crippen LogP contribution in [-0.4, -0.2) is 28.3 Å². The van der Waals surface area contributed by atoms with E-state index in [-0.39, 0.29) is 12.1 Å². The molecule has 3 aliphatic rings. The maximum Gasteiger partial charge on any atom is 0.119 e. The van der Waals surface area contributed by atoms with E-state index < -0.39 is 0 Å². The van der Waals surface area contributed by atoms with Crippen LogP contribution in [0.25, 0.3) is 0 Å². The number of halogens is 1. The third-order valence-corrected chi connectivity index (χ3v) is 8.50. The second-order valence-electron chi connectivity index (χ2n) is 9.99. The SMILES string of the molecule is NC1CCCN(I)C1COC1=C/C=C\C=C/C(C2CCCCCCCCCCC2)=C\C=C/C=C\1. The van der Waals surface area contributed by atoms with Gasteiger partial charge in [0.2, 0.25) is 0 Å². The normalized spacial score (nSPS) is 33.8. The van der Waals surface area contributed by atoms with Gasteiger partial charge in [0, 0.05) is 35.5 Å². The Morgan fingerprint density at radius 2 is 1.35 bits per heavy atom. The van der Waals surface area contributed by atoms with Gasteiger partial charge in [0.05, 0.1) is 6.04 Å². The second-order valence-corrected chi connectivity index (χ2v) is 11.2. The number of piperidine rings is 1. The number of rotatable bonds is 4. The molecule has 4 heteroatoms. The Balaban J connectivity index is 1.60. The molecule has 2 N–H and O–H groups in total. The highest BCUT2D eigenvalue weighted by Crippen LogP contribution is 2.28. The maximum absolute atomic E-state index is 6.34. The van der Waals surface area contributed by atoms with Crippen molar-refractivity contribution in [3.63, 3.8) is 0 Å². The molecular formula is C30H45IN2O. The molecule has 2 fully saturated rings. The molecule has 34 heavy (non-hydrogen) atoms. The molecule has 188 valence electrons. The van der Waals surface area contributed by atoms with Crippen LogP contribution < -0.4 is 5.73 Å². The lowest BCUT2D eigenvalue weighted by atomic mass is 9.86. The molecule has 0 bridgehead atoms. The first kappa shape index (κ1) is 27.5. The van der Waals surface area contributed by atoms with Crippen molar-refractivity contribution in [2.24, 2.45) is 11.7 Å². The summed E-state index contributed by atoms with van der Waals surface area (Å²) in [6.07, 6.45) is 39.1. The summed E-state index contributed by atoms with van der Waals surface area (Å²) in [4.78, 5) is 0. The average molecular weight is 577 g/mol. The predicted octanol–water partition coefficient (Wildman–Crippen LogP) is 8.11. The second kappa shape index (κ2) is 16.5. The summed E-state index contributed by atoms with van der Waals surface area (Å²) in [5.41, 5.74) is 7.82. The monoisotopic (exact) mass is 576 g/mol. The van der Waals surface area contributed by atoms with Crippen LogP contribution in [0.15, 0.2) is 72.1 Å². The fourth-order valence-corrected chi connectivity index (χ4v) is 6.08. The highest BCUT2D eigenvalue weighted by Gasteiger charge is 2.28. The lowest BCUT2D eigenvalue weighted by molar-refractivity contribution is 0.129. The molecular weight excluding hydrogens is 531 g/mol. The zero-order chi connectivity index (χ0) is 23.8. The van der Waals surface area contributed by atoms with Gasteiger partial charge in [-0.3, -0.25) is 0 Å². The summed E-state index contributed by atoms with van der Waals surface area (Å²) < 4.78 is 8.48. The molecule has 0 aromatic heterocycles. The van der Waals surface area contributed by atoms with E-state index in [9.17, 15) is 0 Å². The van der Waals surface area contributed by atoms with Gasteiger partial charge in [-0.15, -0.1) is 0 Å². The van der Waals surface area contributed by atoms with Crippen LogP contribution in [0.4, 0.5) is 0 Å². The smallest absolute Gasteiger partial charge is 0.119 e. The lowest BCUT2D eigenvalue weighted by Crippen LogP contribution is -2.50. The molecule has 2 aliphatic carbocycles. The molecule has 3 rings (SSSR count). The van der Waals surface area contributed by atoms with E-state index in [2.05, 4.69) is 86.7 Å². The molecule has 3 nitrogen and oxygen atoms in total. The molecule has 1 saturated carbocycles. The number of ether oxygens (including phenoxy) is 1. The minimum Gasteiger partial charge on any atom is -0.492 e.